The summed E-state index contributed by atoms with van der Waals surface area (Å²) in [7, 11) is -4.04. The number of rotatable bonds is 8. The number of hydrogen-bond donors (Lipinski definition) is 2. The Hall–Kier alpha value is -3.11. The Morgan fingerprint density at radius 1 is 1.19 bits per heavy atom. The molecule has 2 aromatic carbocycles. The van der Waals surface area contributed by atoms with Gasteiger partial charge in [-0.2, -0.15) is 0 Å². The van der Waals surface area contributed by atoms with Crippen molar-refractivity contribution < 1.29 is 17.9 Å². The third-order valence-corrected chi connectivity index (χ3v) is 6.77. The molecule has 1 aromatic heterocycles. The molecule has 1 heterocycles. The molecule has 0 fully saturated rings. The molecule has 0 bridgehead atoms. The maximum atomic E-state index is 12.8. The number of carbonyl (C=O) groups excluding carboxylic acids is 1. The summed E-state index contributed by atoms with van der Waals surface area (Å²) in [5.74, 6) is 0.260. The number of H-pyrrole nitrogens is 1. The largest absolute Gasteiger partial charge is 0.494 e. The van der Waals surface area contributed by atoms with E-state index in [1.807, 2.05) is 32.0 Å². The van der Waals surface area contributed by atoms with Crippen molar-refractivity contribution in [1.82, 2.24) is 9.97 Å². The van der Waals surface area contributed by atoms with Crippen LogP contribution in [0.25, 0.3) is 0 Å². The smallest absolute Gasteiger partial charge is 0.270 e. The second-order valence-electron chi connectivity index (χ2n) is 6.50. The topological polar surface area (TPSA) is 118 Å². The van der Waals surface area contributed by atoms with E-state index in [1.54, 1.807) is 6.07 Å². The first-order chi connectivity index (χ1) is 14.8. The maximum absolute atomic E-state index is 12.8. The fourth-order valence-corrected chi connectivity index (χ4v) is 4.56. The summed E-state index contributed by atoms with van der Waals surface area (Å²) >= 11 is 0.999. The first-order valence-corrected chi connectivity index (χ1v) is 11.8. The summed E-state index contributed by atoms with van der Waals surface area (Å²) in [4.78, 5) is 30.4. The summed E-state index contributed by atoms with van der Waals surface area (Å²) in [6.07, 6.45) is 1.01. The zero-order valence-electron chi connectivity index (χ0n) is 16.9. The second-order valence-corrected chi connectivity index (χ2v) is 9.38. The number of sulfone groups is 1. The summed E-state index contributed by atoms with van der Waals surface area (Å²) in [5.41, 5.74) is 0.884. The van der Waals surface area contributed by atoms with Gasteiger partial charge in [-0.1, -0.05) is 23.9 Å². The molecular formula is C21H21N3O5S2. The molecule has 0 spiro atoms. The fourth-order valence-electron chi connectivity index (χ4n) is 2.69. The van der Waals surface area contributed by atoms with Crippen LogP contribution in [0.2, 0.25) is 0 Å². The first kappa shape index (κ1) is 22.6. The maximum Gasteiger partial charge on any atom is 0.270 e. The Morgan fingerprint density at radius 2 is 1.94 bits per heavy atom. The molecule has 3 rings (SSSR count). The number of hydrogen-bond acceptors (Lipinski definition) is 7. The van der Waals surface area contributed by atoms with Gasteiger partial charge in [0.15, 0.2) is 10.1 Å². The highest BCUT2D eigenvalue weighted by Crippen LogP contribution is 2.21. The number of amides is 1. The highest BCUT2D eigenvalue weighted by molar-refractivity contribution is 7.99. The lowest BCUT2D eigenvalue weighted by molar-refractivity contribution is -0.113. The summed E-state index contributed by atoms with van der Waals surface area (Å²) in [6.45, 7) is 4.20. The lowest BCUT2D eigenvalue weighted by Crippen LogP contribution is -2.20. The van der Waals surface area contributed by atoms with Crippen molar-refractivity contribution in [3.63, 3.8) is 0 Å². The number of nitrogens with one attached hydrogen (secondary N) is 2. The van der Waals surface area contributed by atoms with Gasteiger partial charge in [-0.25, -0.2) is 13.4 Å². The van der Waals surface area contributed by atoms with Crippen LogP contribution in [0.3, 0.4) is 0 Å². The van der Waals surface area contributed by atoms with Crippen LogP contribution < -0.4 is 15.6 Å². The third-order valence-electron chi connectivity index (χ3n) is 4.12. The lowest BCUT2D eigenvalue weighted by Gasteiger charge is -2.07. The zero-order chi connectivity index (χ0) is 22.4. The molecule has 0 atom stereocenters. The number of ether oxygens (including phenoxy) is 1. The van der Waals surface area contributed by atoms with Crippen LogP contribution in [-0.2, 0) is 14.6 Å². The molecule has 0 saturated carbocycles. The van der Waals surface area contributed by atoms with Crippen molar-refractivity contribution in [3.8, 4) is 5.75 Å². The molecule has 0 aliphatic rings. The number of anilines is 1. The number of thioether (sulfide) groups is 1. The van der Waals surface area contributed by atoms with Crippen molar-refractivity contribution in [2.24, 2.45) is 0 Å². The van der Waals surface area contributed by atoms with E-state index in [2.05, 4.69) is 15.3 Å². The molecule has 3 aromatic rings. The van der Waals surface area contributed by atoms with Crippen molar-refractivity contribution >= 4 is 33.2 Å². The van der Waals surface area contributed by atoms with E-state index < -0.39 is 20.3 Å². The van der Waals surface area contributed by atoms with Crippen LogP contribution in [0.15, 0.2) is 74.5 Å². The number of benzene rings is 2. The minimum Gasteiger partial charge on any atom is -0.494 e. The predicted molar refractivity (Wildman–Crippen MR) is 118 cm³/mol. The van der Waals surface area contributed by atoms with Gasteiger partial charge in [-0.05, 0) is 55.8 Å². The molecule has 10 heteroatoms. The Labute approximate surface area is 184 Å². The molecule has 0 saturated heterocycles. The molecule has 0 aliphatic carbocycles. The summed E-state index contributed by atoms with van der Waals surface area (Å²) in [6, 6.07) is 13.2. The van der Waals surface area contributed by atoms with E-state index in [0.717, 1.165) is 23.5 Å². The van der Waals surface area contributed by atoms with Crippen molar-refractivity contribution in [2.45, 2.75) is 28.8 Å². The van der Waals surface area contributed by atoms with Gasteiger partial charge < -0.3 is 15.0 Å². The highest BCUT2D eigenvalue weighted by Gasteiger charge is 2.22. The molecule has 8 nitrogen and oxygen atoms in total. The number of aromatic nitrogens is 2. The Bertz CT molecular complexity index is 1240. The monoisotopic (exact) mass is 459 g/mol. The molecule has 31 heavy (non-hydrogen) atoms. The quantitative estimate of drug-likeness (QED) is 0.393. The van der Waals surface area contributed by atoms with Gasteiger partial charge in [-0.15, -0.1) is 0 Å². The van der Waals surface area contributed by atoms with E-state index in [0.29, 0.717) is 18.0 Å². The Balaban J connectivity index is 1.69. The Morgan fingerprint density at radius 3 is 2.58 bits per heavy atom. The minimum atomic E-state index is -4.04. The zero-order valence-corrected chi connectivity index (χ0v) is 18.5. The van der Waals surface area contributed by atoms with Crippen molar-refractivity contribution in [3.05, 3.63) is 70.6 Å². The average Bonchev–Trinajstić information content (AvgIpc) is 2.73. The number of nitrogens with zero attached hydrogens (tertiary/aromatic N) is 1. The van der Waals surface area contributed by atoms with Crippen LogP contribution in [0.1, 0.15) is 12.5 Å². The normalized spacial score (nSPS) is 11.2. The van der Waals surface area contributed by atoms with Gasteiger partial charge in [0.1, 0.15) is 5.75 Å². The number of aryl methyl sites for hydroxylation is 1. The molecule has 0 radical (unpaired) electrons. The van der Waals surface area contributed by atoms with E-state index in [4.69, 9.17) is 4.74 Å². The molecule has 0 unspecified atom stereocenters. The van der Waals surface area contributed by atoms with Gasteiger partial charge in [0.25, 0.3) is 5.56 Å². The summed E-state index contributed by atoms with van der Waals surface area (Å²) in [5, 5.41) is 2.90. The fraction of sp³-hybridized carbons (Fsp3) is 0.190. The molecular weight excluding hydrogens is 438 g/mol. The average molecular weight is 460 g/mol. The lowest BCUT2D eigenvalue weighted by atomic mass is 10.2. The Kier molecular flexibility index (Phi) is 7.13. The van der Waals surface area contributed by atoms with Crippen LogP contribution in [-0.4, -0.2) is 36.7 Å². The van der Waals surface area contributed by atoms with Gasteiger partial charge in [0.2, 0.25) is 15.7 Å². The van der Waals surface area contributed by atoms with Gasteiger partial charge >= 0.3 is 0 Å². The standard InChI is InChI=1S/C21H21N3O5S2/c1-3-29-16-7-9-17(10-8-16)31(27,28)18-12-22-21(24-20(18)26)30-13-19(25)23-15-6-4-5-14(2)11-15/h4-12H,3,13H2,1-2H3,(H,23,25)(H,22,24,26). The van der Waals surface area contributed by atoms with Crippen molar-refractivity contribution in [2.75, 3.05) is 17.7 Å². The molecule has 2 N–H and O–H groups in total. The minimum absolute atomic E-state index is 0.00185. The van der Waals surface area contributed by atoms with Gasteiger partial charge in [0.05, 0.1) is 23.5 Å². The van der Waals surface area contributed by atoms with Crippen LogP contribution in [0.5, 0.6) is 5.75 Å². The van der Waals surface area contributed by atoms with E-state index in [1.165, 1.54) is 24.3 Å². The molecule has 162 valence electrons. The molecule has 0 aliphatic heterocycles. The van der Waals surface area contributed by atoms with Crippen LogP contribution in [0.4, 0.5) is 5.69 Å². The van der Waals surface area contributed by atoms with Crippen molar-refractivity contribution in [1.29, 1.82) is 0 Å². The molecule has 1 amide bonds. The second kappa shape index (κ2) is 9.80. The highest BCUT2D eigenvalue weighted by atomic mass is 32.2. The van der Waals surface area contributed by atoms with E-state index >= 15 is 0 Å². The van der Waals surface area contributed by atoms with Crippen LogP contribution >= 0.6 is 11.8 Å². The van der Waals surface area contributed by atoms with Gasteiger partial charge in [0, 0.05) is 5.69 Å². The van der Waals surface area contributed by atoms with Crippen LogP contribution in [0, 0.1) is 6.92 Å². The first-order valence-electron chi connectivity index (χ1n) is 9.36. The SMILES string of the molecule is CCOc1ccc(S(=O)(=O)c2cnc(SCC(=O)Nc3cccc(C)c3)[nH]c2=O)cc1. The number of carbonyl (C=O) groups is 1. The summed E-state index contributed by atoms with van der Waals surface area (Å²) < 4.78 is 30.8. The van der Waals surface area contributed by atoms with E-state index in [9.17, 15) is 18.0 Å². The number of aromatic amines is 1. The van der Waals surface area contributed by atoms with E-state index in [-0.39, 0.29) is 21.7 Å². The van der Waals surface area contributed by atoms with Gasteiger partial charge in [-0.3, -0.25) is 9.59 Å². The predicted octanol–water partition coefficient (Wildman–Crippen LogP) is 3.04. The third kappa shape index (κ3) is 5.74.